The Morgan fingerprint density at radius 3 is 1.92 bits per heavy atom. The highest BCUT2D eigenvalue weighted by atomic mass is 19.4. The summed E-state index contributed by atoms with van der Waals surface area (Å²) in [5.74, 6) is 1.24. The van der Waals surface area contributed by atoms with Gasteiger partial charge in [0, 0.05) is 18.6 Å². The molecular weight excluding hydrogens is 463 g/mol. The van der Waals surface area contributed by atoms with Crippen molar-refractivity contribution in [2.75, 3.05) is 0 Å². The molecule has 1 aromatic carbocycles. The summed E-state index contributed by atoms with van der Waals surface area (Å²) in [6.45, 7) is 17.1. The number of carbonyl (C=O) groups excluding carboxylic acids is 1. The van der Waals surface area contributed by atoms with Crippen molar-refractivity contribution in [1.29, 1.82) is 0 Å². The molecule has 0 spiro atoms. The molecule has 1 N–H and O–H groups in total. The van der Waals surface area contributed by atoms with E-state index in [1.807, 2.05) is 20.8 Å². The molecule has 0 aliphatic heterocycles. The largest absolute Gasteiger partial charge is 0.416 e. The van der Waals surface area contributed by atoms with Crippen LogP contribution in [0.2, 0.25) is 0 Å². The summed E-state index contributed by atoms with van der Waals surface area (Å²) in [5.41, 5.74) is 1.36. The average molecular weight is 514 g/mol. The van der Waals surface area contributed by atoms with Crippen LogP contribution in [0.1, 0.15) is 136 Å². The first-order chi connectivity index (χ1) is 16.7. The molecule has 0 atom stereocenters. The maximum absolute atomic E-state index is 13.1. The molecule has 0 aromatic heterocycles. The maximum atomic E-state index is 13.1. The molecule has 3 nitrogen and oxygen atoms in total. The molecular formula is C30H50F3NO2. The van der Waals surface area contributed by atoms with Crippen molar-refractivity contribution in [1.82, 2.24) is 0 Å². The molecule has 0 saturated heterocycles. The van der Waals surface area contributed by atoms with Gasteiger partial charge in [0.15, 0.2) is 0 Å². The van der Waals surface area contributed by atoms with Gasteiger partial charge >= 0.3 is 6.18 Å². The number of carbonyl (C=O) groups is 1. The minimum atomic E-state index is -4.27. The van der Waals surface area contributed by atoms with Crippen molar-refractivity contribution in [3.63, 3.8) is 0 Å². The number of hydrogen-bond donors (Lipinski definition) is 1. The fourth-order valence-electron chi connectivity index (χ4n) is 3.65. The summed E-state index contributed by atoms with van der Waals surface area (Å²) in [6.07, 6.45) is 4.54. The van der Waals surface area contributed by atoms with Gasteiger partial charge in [0.05, 0.1) is 16.9 Å². The van der Waals surface area contributed by atoms with Gasteiger partial charge in [0.2, 0.25) is 0 Å². The van der Waals surface area contributed by atoms with Crippen molar-refractivity contribution in [2.24, 2.45) is 10.9 Å². The summed E-state index contributed by atoms with van der Waals surface area (Å²) < 4.78 is 39.3. The van der Waals surface area contributed by atoms with E-state index in [0.717, 1.165) is 37.3 Å². The molecule has 2 saturated carbocycles. The molecule has 0 unspecified atom stereocenters. The molecule has 6 heteroatoms. The fraction of sp³-hybridized carbons (Fsp3) is 0.733. The Balaban J connectivity index is 0.000000630. The van der Waals surface area contributed by atoms with Crippen LogP contribution in [0.15, 0.2) is 17.1 Å². The summed E-state index contributed by atoms with van der Waals surface area (Å²) in [4.78, 5) is 15.2. The molecule has 2 aliphatic rings. The third kappa shape index (κ3) is 14.2. The first kappa shape index (κ1) is 34.3. The van der Waals surface area contributed by atoms with E-state index in [4.69, 9.17) is 5.11 Å². The van der Waals surface area contributed by atoms with E-state index >= 15 is 0 Å². The van der Waals surface area contributed by atoms with E-state index in [1.165, 1.54) is 25.3 Å². The minimum absolute atomic E-state index is 0.0626. The zero-order valence-corrected chi connectivity index (χ0v) is 24.1. The molecule has 3 rings (SSSR count). The average Bonchev–Trinajstić information content (AvgIpc) is 3.59. The van der Waals surface area contributed by atoms with E-state index < -0.39 is 17.3 Å². The molecule has 36 heavy (non-hydrogen) atoms. The van der Waals surface area contributed by atoms with Crippen LogP contribution in [0.4, 0.5) is 18.9 Å². The van der Waals surface area contributed by atoms with Gasteiger partial charge in [-0.15, -0.1) is 0 Å². The van der Waals surface area contributed by atoms with Crippen LogP contribution in [0.3, 0.4) is 0 Å². The first-order valence-corrected chi connectivity index (χ1v) is 13.7. The van der Waals surface area contributed by atoms with Gasteiger partial charge in [0.25, 0.3) is 0 Å². The second-order valence-corrected chi connectivity index (χ2v) is 10.5. The molecule has 2 fully saturated rings. The molecule has 0 bridgehead atoms. The van der Waals surface area contributed by atoms with E-state index in [9.17, 15) is 18.0 Å². The lowest BCUT2D eigenvalue weighted by Gasteiger charge is -2.18. The number of nitrogens with zero attached hydrogens (tertiary/aromatic N) is 1. The Kier molecular flexibility index (Phi) is 15.5. The van der Waals surface area contributed by atoms with Gasteiger partial charge in [-0.2, -0.15) is 13.2 Å². The van der Waals surface area contributed by atoms with Gasteiger partial charge in [0.1, 0.15) is 5.78 Å². The summed E-state index contributed by atoms with van der Waals surface area (Å²) >= 11 is 0. The van der Waals surface area contributed by atoms with Crippen molar-refractivity contribution in [3.8, 4) is 0 Å². The van der Waals surface area contributed by atoms with Crippen LogP contribution >= 0.6 is 0 Å². The molecule has 2 aliphatic carbocycles. The number of hydrogen-bond acceptors (Lipinski definition) is 3. The van der Waals surface area contributed by atoms with Crippen molar-refractivity contribution in [2.45, 2.75) is 138 Å². The monoisotopic (exact) mass is 513 g/mol. The molecule has 208 valence electrons. The Labute approximate surface area is 218 Å². The number of aryl methyl sites for hydroxylation is 1. The Morgan fingerprint density at radius 2 is 1.61 bits per heavy atom. The Hall–Kier alpha value is -1.69. The van der Waals surface area contributed by atoms with E-state index in [1.54, 1.807) is 33.8 Å². The number of benzene rings is 1. The Morgan fingerprint density at radius 1 is 1.08 bits per heavy atom. The van der Waals surface area contributed by atoms with Crippen LogP contribution in [-0.4, -0.2) is 22.2 Å². The quantitative estimate of drug-likeness (QED) is 0.369. The van der Waals surface area contributed by atoms with Crippen molar-refractivity contribution in [3.05, 3.63) is 28.8 Å². The molecule has 0 heterocycles. The van der Waals surface area contributed by atoms with Crippen LogP contribution in [-0.2, 0) is 11.0 Å². The van der Waals surface area contributed by atoms with Crippen LogP contribution in [0.5, 0.6) is 0 Å². The lowest BCUT2D eigenvalue weighted by atomic mass is 9.88. The second-order valence-electron chi connectivity index (χ2n) is 10.5. The third-order valence-electron chi connectivity index (χ3n) is 6.03. The topological polar surface area (TPSA) is 49.7 Å². The van der Waals surface area contributed by atoms with Crippen molar-refractivity contribution < 1.29 is 23.1 Å². The van der Waals surface area contributed by atoms with Gasteiger partial charge in [-0.05, 0) is 82.1 Å². The zero-order valence-electron chi connectivity index (χ0n) is 24.1. The molecule has 0 amide bonds. The van der Waals surface area contributed by atoms with Gasteiger partial charge in [-0.1, -0.05) is 60.3 Å². The van der Waals surface area contributed by atoms with Gasteiger partial charge < -0.3 is 5.11 Å². The first-order valence-electron chi connectivity index (χ1n) is 13.7. The zero-order chi connectivity index (χ0) is 28.1. The smallest absolute Gasteiger partial charge is 0.390 e. The molecule has 1 aromatic rings. The molecule has 0 radical (unpaired) electrons. The second kappa shape index (κ2) is 16.2. The summed E-state index contributed by atoms with van der Waals surface area (Å²) in [7, 11) is 0. The lowest BCUT2D eigenvalue weighted by Crippen LogP contribution is -2.22. The summed E-state index contributed by atoms with van der Waals surface area (Å²) in [6, 6.07) is 2.90. The number of alkyl halides is 3. The number of halogens is 3. The number of rotatable bonds is 7. The fourth-order valence-corrected chi connectivity index (χ4v) is 3.65. The predicted molar refractivity (Wildman–Crippen MR) is 146 cm³/mol. The van der Waals surface area contributed by atoms with Crippen molar-refractivity contribution >= 4 is 17.2 Å². The van der Waals surface area contributed by atoms with Gasteiger partial charge in [-0.25, -0.2) is 0 Å². The number of aliphatic imine (C=N–C) groups is 1. The Bertz CT molecular complexity index is 815. The third-order valence-corrected chi connectivity index (χ3v) is 6.03. The lowest BCUT2D eigenvalue weighted by molar-refractivity contribution is -0.138. The van der Waals surface area contributed by atoms with Crippen LogP contribution in [0, 0.1) is 12.8 Å². The highest BCUT2D eigenvalue weighted by Gasteiger charge is 2.38. The van der Waals surface area contributed by atoms with Crippen LogP contribution < -0.4 is 0 Å². The highest BCUT2D eigenvalue weighted by Crippen LogP contribution is 2.47. The maximum Gasteiger partial charge on any atom is 0.416 e. The predicted octanol–water partition coefficient (Wildman–Crippen LogP) is 9.74. The van der Waals surface area contributed by atoms with Gasteiger partial charge in [-0.3, -0.25) is 9.79 Å². The normalized spacial score (nSPS) is 15.9. The minimum Gasteiger partial charge on any atom is -0.390 e. The van der Waals surface area contributed by atoms with E-state index in [0.29, 0.717) is 23.2 Å². The number of Topliss-reactive ketones (excluding diaryl/α,β-unsaturated/α-hetero) is 1. The van der Waals surface area contributed by atoms with E-state index in [2.05, 4.69) is 18.8 Å². The van der Waals surface area contributed by atoms with Crippen LogP contribution in [0.25, 0.3) is 0 Å². The van der Waals surface area contributed by atoms with E-state index in [-0.39, 0.29) is 18.1 Å². The standard InChI is InChI=1S/C16H20F3N.C7H14O2.C5H10.C2H6/c1-4-5-11(3)20-15-9-13(12-6-7-12)14(8-10(15)2)16(17,18)19;1-4-6(8)5-7(2,3)9;1-5-3-2-4-5;1-2/h8-9,12H,4-7H2,1-3H3;9H,4-5H2,1-3H3;5H,2-4H2,1H3;1-2H3. The summed E-state index contributed by atoms with van der Waals surface area (Å²) in [5, 5.41) is 9.10. The number of aliphatic hydroxyl groups is 1. The highest BCUT2D eigenvalue weighted by molar-refractivity contribution is 5.85. The number of ketones is 1. The SMILES string of the molecule is CC.CC1CCC1.CCC(=O)CC(C)(C)O.CCCC(C)=Nc1cc(C2CC2)c(C(F)(F)F)cc1C.